The molecule has 1 saturated carbocycles. The van der Waals surface area contributed by atoms with Crippen LogP contribution in [0, 0.1) is 5.92 Å². The van der Waals surface area contributed by atoms with Crippen molar-refractivity contribution in [3.63, 3.8) is 0 Å². The summed E-state index contributed by atoms with van der Waals surface area (Å²) in [5, 5.41) is 9.77. The number of hydrogen-bond acceptors (Lipinski definition) is 7. The van der Waals surface area contributed by atoms with E-state index >= 15 is 0 Å². The summed E-state index contributed by atoms with van der Waals surface area (Å²) in [6.07, 6.45) is 5.87. The second-order valence-corrected chi connectivity index (χ2v) is 10.1. The minimum Gasteiger partial charge on any atom is -0.489 e. The van der Waals surface area contributed by atoms with Crippen molar-refractivity contribution in [1.82, 2.24) is 20.2 Å². The summed E-state index contributed by atoms with van der Waals surface area (Å²) in [5.74, 6) is 2.10. The van der Waals surface area contributed by atoms with Crippen molar-refractivity contribution in [3.8, 4) is 5.75 Å². The van der Waals surface area contributed by atoms with Crippen molar-refractivity contribution >= 4 is 39.3 Å². The van der Waals surface area contributed by atoms with Crippen molar-refractivity contribution in [3.05, 3.63) is 34.9 Å². The van der Waals surface area contributed by atoms with E-state index in [4.69, 9.17) is 4.74 Å². The summed E-state index contributed by atoms with van der Waals surface area (Å²) < 4.78 is 6.84. The highest BCUT2D eigenvalue weighted by Gasteiger charge is 2.33. The molecule has 1 saturated heterocycles. The average Bonchev–Trinajstić information content (AvgIpc) is 3.40. The fraction of sp³-hybridized carbons (Fsp3) is 0.542. The van der Waals surface area contributed by atoms with Crippen LogP contribution in [0.2, 0.25) is 0 Å². The number of hydrogen-bond donors (Lipinski definition) is 3. The van der Waals surface area contributed by atoms with Gasteiger partial charge in [0.2, 0.25) is 11.9 Å². The summed E-state index contributed by atoms with van der Waals surface area (Å²) in [6.45, 7) is 6.01. The number of benzene rings is 1. The second-order valence-electron chi connectivity index (χ2n) is 9.28. The number of nitrogens with one attached hydrogen (secondary N) is 3. The van der Waals surface area contributed by atoms with Crippen LogP contribution < -0.4 is 20.7 Å². The van der Waals surface area contributed by atoms with Crippen LogP contribution in [-0.4, -0.2) is 59.1 Å². The van der Waals surface area contributed by atoms with Crippen LogP contribution in [0.5, 0.6) is 5.75 Å². The molecule has 9 heteroatoms. The van der Waals surface area contributed by atoms with Gasteiger partial charge in [0, 0.05) is 37.1 Å². The van der Waals surface area contributed by atoms with Gasteiger partial charge in [-0.15, -0.1) is 0 Å². The average molecular weight is 517 g/mol. The van der Waals surface area contributed by atoms with Crippen LogP contribution in [0.1, 0.15) is 39.5 Å². The van der Waals surface area contributed by atoms with Gasteiger partial charge < -0.3 is 25.6 Å². The van der Waals surface area contributed by atoms with Crippen LogP contribution in [0.25, 0.3) is 0 Å². The molecule has 33 heavy (non-hydrogen) atoms. The van der Waals surface area contributed by atoms with Gasteiger partial charge in [0.15, 0.2) is 0 Å². The highest BCUT2D eigenvalue weighted by atomic mass is 79.9. The zero-order valence-electron chi connectivity index (χ0n) is 19.5. The van der Waals surface area contributed by atoms with Crippen molar-refractivity contribution in [2.24, 2.45) is 5.92 Å². The maximum atomic E-state index is 12.6. The predicted octanol–water partition coefficient (Wildman–Crippen LogP) is 4.17. The molecule has 2 heterocycles. The lowest BCUT2D eigenvalue weighted by Gasteiger charge is -2.22. The first-order valence-corrected chi connectivity index (χ1v) is 12.5. The Morgan fingerprint density at radius 3 is 2.70 bits per heavy atom. The smallest absolute Gasteiger partial charge is 0.229 e. The van der Waals surface area contributed by atoms with Gasteiger partial charge in [0.1, 0.15) is 17.7 Å². The van der Waals surface area contributed by atoms with E-state index in [-0.39, 0.29) is 30.0 Å². The Balaban J connectivity index is 1.38. The minimum absolute atomic E-state index is 0.0499. The van der Waals surface area contributed by atoms with E-state index < -0.39 is 0 Å². The number of amides is 1. The van der Waals surface area contributed by atoms with E-state index in [0.29, 0.717) is 11.8 Å². The normalized spacial score (nSPS) is 23.0. The Labute approximate surface area is 204 Å². The molecule has 2 fully saturated rings. The number of carbonyl (C=O) groups excluding carboxylic acids is 1. The second kappa shape index (κ2) is 10.7. The standard InChI is InChI=1S/C24H33BrN6O2/c1-15(2)27-23(32)19-5-4-6-21(19)29-22-20(25)13-26-24(30-22)28-16-7-9-17(10-8-16)33-18-11-12-31(3)14-18/h7-10,13,15,18-19,21H,4-6,11-12,14H2,1-3H3,(H,27,32)(H2,26,28,29,30)/t18?,19-,21+/m0/s1. The molecule has 2 aromatic rings. The third-order valence-electron chi connectivity index (χ3n) is 6.11. The molecular weight excluding hydrogens is 484 g/mol. The summed E-state index contributed by atoms with van der Waals surface area (Å²) in [4.78, 5) is 23.9. The first-order chi connectivity index (χ1) is 15.9. The zero-order valence-corrected chi connectivity index (χ0v) is 21.1. The van der Waals surface area contributed by atoms with Crippen LogP contribution >= 0.6 is 15.9 Å². The molecule has 1 aromatic heterocycles. The lowest BCUT2D eigenvalue weighted by Crippen LogP contribution is -2.41. The molecule has 1 aliphatic heterocycles. The number of anilines is 3. The number of halogens is 1. The molecule has 0 radical (unpaired) electrons. The van der Waals surface area contributed by atoms with Crippen LogP contribution in [0.4, 0.5) is 17.5 Å². The van der Waals surface area contributed by atoms with Crippen LogP contribution in [0.15, 0.2) is 34.9 Å². The van der Waals surface area contributed by atoms with Crippen LogP contribution in [0.3, 0.4) is 0 Å². The van der Waals surface area contributed by atoms with E-state index in [0.717, 1.165) is 54.7 Å². The summed E-state index contributed by atoms with van der Waals surface area (Å²) in [5.41, 5.74) is 0.884. The van der Waals surface area contributed by atoms with Gasteiger partial charge in [-0.05, 0) is 80.4 Å². The van der Waals surface area contributed by atoms with Crippen molar-refractivity contribution in [1.29, 1.82) is 0 Å². The molecule has 0 spiro atoms. The first-order valence-electron chi connectivity index (χ1n) is 11.7. The third-order valence-corrected chi connectivity index (χ3v) is 6.69. The Bertz CT molecular complexity index is 954. The van der Waals surface area contributed by atoms with E-state index in [1.807, 2.05) is 38.1 Å². The molecule has 8 nitrogen and oxygen atoms in total. The number of aromatic nitrogens is 2. The van der Waals surface area contributed by atoms with E-state index in [9.17, 15) is 4.79 Å². The van der Waals surface area contributed by atoms with Crippen LogP contribution in [-0.2, 0) is 4.79 Å². The first kappa shape index (κ1) is 23.8. The number of carbonyl (C=O) groups is 1. The van der Waals surface area contributed by atoms with E-state index in [2.05, 4.69) is 53.8 Å². The fourth-order valence-electron chi connectivity index (χ4n) is 4.47. The van der Waals surface area contributed by atoms with Gasteiger partial charge in [-0.1, -0.05) is 6.42 Å². The SMILES string of the molecule is CC(C)NC(=O)[C@H]1CCC[C@H]1Nc1nc(Nc2ccc(OC3CCN(C)C3)cc2)ncc1Br. The molecule has 1 unspecified atom stereocenters. The monoisotopic (exact) mass is 516 g/mol. The third kappa shape index (κ3) is 6.35. The zero-order chi connectivity index (χ0) is 23.4. The Kier molecular flexibility index (Phi) is 7.70. The summed E-state index contributed by atoms with van der Waals surface area (Å²) in [7, 11) is 2.12. The van der Waals surface area contributed by atoms with Crippen molar-refractivity contribution in [2.45, 2.75) is 57.7 Å². The molecule has 3 N–H and O–H groups in total. The lowest BCUT2D eigenvalue weighted by atomic mass is 10.0. The number of likely N-dealkylation sites (N-methyl/N-ethyl adjacent to an activating group) is 1. The molecule has 0 bridgehead atoms. The molecule has 3 atom stereocenters. The molecule has 4 rings (SSSR count). The van der Waals surface area contributed by atoms with Crippen molar-refractivity contribution < 1.29 is 9.53 Å². The highest BCUT2D eigenvalue weighted by molar-refractivity contribution is 9.10. The maximum Gasteiger partial charge on any atom is 0.229 e. The van der Waals surface area contributed by atoms with Gasteiger partial charge in [-0.2, -0.15) is 4.98 Å². The Hall–Kier alpha value is -2.39. The van der Waals surface area contributed by atoms with Gasteiger partial charge in [-0.3, -0.25) is 4.79 Å². The quantitative estimate of drug-likeness (QED) is 0.484. The summed E-state index contributed by atoms with van der Waals surface area (Å²) >= 11 is 3.54. The van der Waals surface area contributed by atoms with Gasteiger partial charge >= 0.3 is 0 Å². The minimum atomic E-state index is -0.0575. The highest BCUT2D eigenvalue weighted by Crippen LogP contribution is 2.31. The number of likely N-dealkylation sites (tertiary alicyclic amines) is 1. The molecule has 2 aliphatic rings. The van der Waals surface area contributed by atoms with E-state index in [1.54, 1.807) is 6.20 Å². The number of ether oxygens (including phenoxy) is 1. The van der Waals surface area contributed by atoms with Gasteiger partial charge in [0.05, 0.1) is 10.4 Å². The van der Waals surface area contributed by atoms with Gasteiger partial charge in [-0.25, -0.2) is 4.98 Å². The van der Waals surface area contributed by atoms with Crippen molar-refractivity contribution in [2.75, 3.05) is 30.8 Å². The predicted molar refractivity (Wildman–Crippen MR) is 134 cm³/mol. The molecular formula is C24H33BrN6O2. The lowest BCUT2D eigenvalue weighted by molar-refractivity contribution is -0.125. The maximum absolute atomic E-state index is 12.6. The fourth-order valence-corrected chi connectivity index (χ4v) is 4.78. The largest absolute Gasteiger partial charge is 0.489 e. The van der Waals surface area contributed by atoms with E-state index in [1.165, 1.54) is 0 Å². The number of nitrogens with zero attached hydrogens (tertiary/aromatic N) is 3. The molecule has 1 amide bonds. The molecule has 1 aromatic carbocycles. The topological polar surface area (TPSA) is 91.4 Å². The molecule has 1 aliphatic carbocycles. The Morgan fingerprint density at radius 2 is 2.00 bits per heavy atom. The Morgan fingerprint density at radius 1 is 1.21 bits per heavy atom. The van der Waals surface area contributed by atoms with Gasteiger partial charge in [0.25, 0.3) is 0 Å². The number of rotatable bonds is 8. The summed E-state index contributed by atoms with van der Waals surface area (Å²) in [6, 6.07) is 8.06. The molecule has 178 valence electrons.